The summed E-state index contributed by atoms with van der Waals surface area (Å²) < 4.78 is 16.5. The molecule has 3 rings (SSSR count). The van der Waals surface area contributed by atoms with Crippen LogP contribution in [0, 0.1) is 0 Å². The van der Waals surface area contributed by atoms with Gasteiger partial charge in [0.15, 0.2) is 29.7 Å². The Balaban J connectivity index is 1.57. The highest BCUT2D eigenvalue weighted by atomic mass is 16.5. The van der Waals surface area contributed by atoms with Crippen LogP contribution in [0.3, 0.4) is 0 Å². The zero-order valence-corrected chi connectivity index (χ0v) is 17.1. The molecular formula is C21H26N4O5. The number of benzene rings is 1. The van der Waals surface area contributed by atoms with E-state index in [-0.39, 0.29) is 36.6 Å². The lowest BCUT2D eigenvalue weighted by molar-refractivity contribution is -0.125. The van der Waals surface area contributed by atoms with Crippen molar-refractivity contribution >= 4 is 23.5 Å². The molecule has 1 aromatic heterocycles. The molecule has 2 amide bonds. The normalized spacial score (nSPS) is 12.7. The Labute approximate surface area is 175 Å². The molecule has 0 atom stereocenters. The highest BCUT2D eigenvalue weighted by Gasteiger charge is 2.28. The lowest BCUT2D eigenvalue weighted by Crippen LogP contribution is -2.46. The maximum atomic E-state index is 12.4. The van der Waals surface area contributed by atoms with Gasteiger partial charge in [-0.1, -0.05) is 6.07 Å². The molecule has 0 bridgehead atoms. The SMILES string of the molecule is CCOc1ccc(CCNC(=O)CN2C(=O)COc3ccc(N)nc32)cc1OCC. The summed E-state index contributed by atoms with van der Waals surface area (Å²) in [5.41, 5.74) is 6.71. The molecule has 1 aliphatic heterocycles. The fourth-order valence-electron chi connectivity index (χ4n) is 3.05. The second kappa shape index (κ2) is 9.82. The van der Waals surface area contributed by atoms with E-state index in [2.05, 4.69) is 10.3 Å². The summed E-state index contributed by atoms with van der Waals surface area (Å²) in [6.45, 7) is 5.04. The van der Waals surface area contributed by atoms with E-state index in [0.717, 1.165) is 5.56 Å². The summed E-state index contributed by atoms with van der Waals surface area (Å²) in [5, 5.41) is 2.83. The monoisotopic (exact) mass is 414 g/mol. The predicted octanol–water partition coefficient (Wildman–Crippen LogP) is 1.55. The minimum absolute atomic E-state index is 0.141. The number of amides is 2. The summed E-state index contributed by atoms with van der Waals surface area (Å²) in [6, 6.07) is 8.94. The van der Waals surface area contributed by atoms with Gasteiger partial charge in [-0.05, 0) is 50.1 Å². The van der Waals surface area contributed by atoms with Gasteiger partial charge in [-0.3, -0.25) is 14.5 Å². The number of carbonyl (C=O) groups excluding carboxylic acids is 2. The minimum Gasteiger partial charge on any atom is -0.490 e. The average Bonchev–Trinajstić information content (AvgIpc) is 2.72. The smallest absolute Gasteiger partial charge is 0.266 e. The number of rotatable bonds is 9. The summed E-state index contributed by atoms with van der Waals surface area (Å²) in [6.07, 6.45) is 0.608. The number of pyridine rings is 1. The van der Waals surface area contributed by atoms with E-state index in [1.54, 1.807) is 12.1 Å². The van der Waals surface area contributed by atoms with Crippen LogP contribution in [0.15, 0.2) is 30.3 Å². The summed E-state index contributed by atoms with van der Waals surface area (Å²) in [4.78, 5) is 30.0. The van der Waals surface area contributed by atoms with E-state index in [9.17, 15) is 9.59 Å². The fraction of sp³-hybridized carbons (Fsp3) is 0.381. The molecule has 0 aliphatic carbocycles. The van der Waals surface area contributed by atoms with Crippen LogP contribution < -0.4 is 30.2 Å². The lowest BCUT2D eigenvalue weighted by atomic mass is 10.1. The third-order valence-electron chi connectivity index (χ3n) is 4.41. The number of fused-ring (bicyclic) bond motifs is 1. The van der Waals surface area contributed by atoms with E-state index in [4.69, 9.17) is 19.9 Å². The number of carbonyl (C=O) groups is 2. The van der Waals surface area contributed by atoms with E-state index in [1.165, 1.54) is 4.90 Å². The van der Waals surface area contributed by atoms with Crippen LogP contribution in [0.1, 0.15) is 19.4 Å². The Bertz CT molecular complexity index is 918. The first kappa shape index (κ1) is 21.2. The van der Waals surface area contributed by atoms with Crippen LogP contribution >= 0.6 is 0 Å². The Kier molecular flexibility index (Phi) is 6.95. The molecule has 1 aliphatic rings. The number of hydrogen-bond acceptors (Lipinski definition) is 7. The Hall–Kier alpha value is -3.49. The molecule has 0 saturated heterocycles. The van der Waals surface area contributed by atoms with Gasteiger partial charge in [-0.15, -0.1) is 0 Å². The van der Waals surface area contributed by atoms with Crippen LogP contribution in [0.4, 0.5) is 11.6 Å². The molecule has 0 saturated carbocycles. The number of hydrogen-bond donors (Lipinski definition) is 2. The first-order valence-electron chi connectivity index (χ1n) is 9.86. The van der Waals surface area contributed by atoms with Crippen LogP contribution in [0.5, 0.6) is 17.2 Å². The Morgan fingerprint density at radius 3 is 2.73 bits per heavy atom. The zero-order chi connectivity index (χ0) is 21.5. The molecule has 2 heterocycles. The highest BCUT2D eigenvalue weighted by molar-refractivity contribution is 6.01. The quantitative estimate of drug-likeness (QED) is 0.639. The zero-order valence-electron chi connectivity index (χ0n) is 17.1. The van der Waals surface area contributed by atoms with Gasteiger partial charge < -0.3 is 25.3 Å². The minimum atomic E-state index is -0.344. The molecule has 0 fully saturated rings. The maximum Gasteiger partial charge on any atom is 0.266 e. The van der Waals surface area contributed by atoms with Gasteiger partial charge >= 0.3 is 0 Å². The molecular weight excluding hydrogens is 388 g/mol. The summed E-state index contributed by atoms with van der Waals surface area (Å²) in [5.74, 6) is 1.67. The Morgan fingerprint density at radius 2 is 1.97 bits per heavy atom. The van der Waals surface area contributed by atoms with Crippen molar-refractivity contribution in [3.05, 3.63) is 35.9 Å². The highest BCUT2D eigenvalue weighted by Crippen LogP contribution is 2.30. The van der Waals surface area contributed by atoms with Crippen molar-refractivity contribution in [2.75, 3.05) is 43.5 Å². The maximum absolute atomic E-state index is 12.4. The molecule has 3 N–H and O–H groups in total. The number of nitrogens with one attached hydrogen (secondary N) is 1. The van der Waals surface area contributed by atoms with E-state index >= 15 is 0 Å². The average molecular weight is 414 g/mol. The molecule has 160 valence electrons. The Morgan fingerprint density at radius 1 is 1.20 bits per heavy atom. The van der Waals surface area contributed by atoms with Crippen LogP contribution in [-0.4, -0.2) is 49.7 Å². The fourth-order valence-corrected chi connectivity index (χ4v) is 3.05. The van der Waals surface area contributed by atoms with Crippen LogP contribution in [0.2, 0.25) is 0 Å². The second-order valence-corrected chi connectivity index (χ2v) is 6.57. The number of anilines is 2. The van der Waals surface area contributed by atoms with Crippen LogP contribution in [0.25, 0.3) is 0 Å². The molecule has 0 unspecified atom stereocenters. The summed E-state index contributed by atoms with van der Waals surface area (Å²) >= 11 is 0. The van der Waals surface area contributed by atoms with Gasteiger partial charge in [0.2, 0.25) is 5.91 Å². The van der Waals surface area contributed by atoms with Gasteiger partial charge in [0, 0.05) is 6.54 Å². The van der Waals surface area contributed by atoms with Crippen LogP contribution in [-0.2, 0) is 16.0 Å². The van der Waals surface area contributed by atoms with E-state index in [0.29, 0.717) is 43.4 Å². The molecule has 9 nitrogen and oxygen atoms in total. The van der Waals surface area contributed by atoms with Crippen molar-refractivity contribution in [3.8, 4) is 17.2 Å². The number of nitrogen functional groups attached to an aromatic ring is 1. The van der Waals surface area contributed by atoms with Gasteiger partial charge in [-0.2, -0.15) is 0 Å². The van der Waals surface area contributed by atoms with Crippen molar-refractivity contribution in [1.29, 1.82) is 0 Å². The standard InChI is InChI=1S/C21H26N4O5/c1-3-28-15-6-5-14(11-17(15)29-4-2)9-10-23-19(26)12-25-20(27)13-30-16-7-8-18(22)24-21(16)25/h5-8,11H,3-4,9-10,12-13H2,1-2H3,(H2,22,24)(H,23,26). The molecule has 2 aromatic rings. The lowest BCUT2D eigenvalue weighted by Gasteiger charge is -2.27. The number of ether oxygens (including phenoxy) is 3. The van der Waals surface area contributed by atoms with Crippen molar-refractivity contribution in [2.24, 2.45) is 0 Å². The predicted molar refractivity (Wildman–Crippen MR) is 112 cm³/mol. The first-order chi connectivity index (χ1) is 14.5. The van der Waals surface area contributed by atoms with Gasteiger partial charge in [0.1, 0.15) is 12.4 Å². The molecule has 9 heteroatoms. The molecule has 0 spiro atoms. The van der Waals surface area contributed by atoms with E-state index in [1.807, 2.05) is 32.0 Å². The van der Waals surface area contributed by atoms with Crippen molar-refractivity contribution in [3.63, 3.8) is 0 Å². The topological polar surface area (TPSA) is 116 Å². The van der Waals surface area contributed by atoms with Gasteiger partial charge in [0.25, 0.3) is 5.91 Å². The largest absolute Gasteiger partial charge is 0.490 e. The third-order valence-corrected chi connectivity index (χ3v) is 4.41. The third kappa shape index (κ3) is 5.11. The first-order valence-corrected chi connectivity index (χ1v) is 9.86. The number of nitrogens with two attached hydrogens (primary N) is 1. The number of nitrogens with zero attached hydrogens (tertiary/aromatic N) is 2. The van der Waals surface area contributed by atoms with Gasteiger partial charge in [-0.25, -0.2) is 4.98 Å². The van der Waals surface area contributed by atoms with E-state index < -0.39 is 0 Å². The van der Waals surface area contributed by atoms with Crippen molar-refractivity contribution in [2.45, 2.75) is 20.3 Å². The molecule has 0 radical (unpaired) electrons. The van der Waals surface area contributed by atoms with Crippen molar-refractivity contribution in [1.82, 2.24) is 10.3 Å². The van der Waals surface area contributed by atoms with Crippen molar-refractivity contribution < 1.29 is 23.8 Å². The second-order valence-electron chi connectivity index (χ2n) is 6.57. The number of aromatic nitrogens is 1. The summed E-state index contributed by atoms with van der Waals surface area (Å²) in [7, 11) is 0. The molecule has 1 aromatic carbocycles. The molecule has 30 heavy (non-hydrogen) atoms. The van der Waals surface area contributed by atoms with Gasteiger partial charge in [0.05, 0.1) is 13.2 Å².